The fraction of sp³-hybridized carbons (Fsp3) is 0.294. The molecule has 1 aliphatic heterocycles. The molecule has 3 heteroatoms. The largest absolute Gasteiger partial charge is 0.496 e. The van der Waals surface area contributed by atoms with Crippen molar-refractivity contribution in [2.75, 3.05) is 12.9 Å². The second kappa shape index (κ2) is 6.33. The van der Waals surface area contributed by atoms with E-state index >= 15 is 0 Å². The van der Waals surface area contributed by atoms with Crippen LogP contribution in [0.3, 0.4) is 0 Å². The summed E-state index contributed by atoms with van der Waals surface area (Å²) in [5.41, 5.74) is 2.64. The first-order valence-electron chi connectivity index (χ1n) is 6.95. The van der Waals surface area contributed by atoms with E-state index in [1.54, 1.807) is 7.11 Å². The zero-order valence-electron chi connectivity index (χ0n) is 11.6. The van der Waals surface area contributed by atoms with E-state index in [0.717, 1.165) is 12.3 Å². The van der Waals surface area contributed by atoms with E-state index in [1.165, 1.54) is 28.2 Å². The van der Waals surface area contributed by atoms with Gasteiger partial charge in [0.1, 0.15) is 5.75 Å². The summed E-state index contributed by atoms with van der Waals surface area (Å²) in [4.78, 5) is 1.41. The fourth-order valence-electron chi connectivity index (χ4n) is 2.64. The van der Waals surface area contributed by atoms with E-state index in [1.807, 2.05) is 23.9 Å². The first-order chi connectivity index (χ1) is 9.88. The molecule has 0 saturated carbocycles. The number of ether oxygens (including phenoxy) is 1. The maximum absolute atomic E-state index is 5.41. The third-order valence-corrected chi connectivity index (χ3v) is 4.81. The first kappa shape index (κ1) is 13.5. The molecule has 20 heavy (non-hydrogen) atoms. The topological polar surface area (TPSA) is 21.3 Å². The molecule has 1 heterocycles. The molecule has 1 unspecified atom stereocenters. The third kappa shape index (κ3) is 2.84. The number of hydrogen-bond acceptors (Lipinski definition) is 3. The standard InChI is InChI=1S/C17H19NOS/c1-19-16-8-4-2-6-13(16)12-18-15-10-11-20-17-9-5-3-7-14(15)17/h2-9,15,18H,10-12H2,1H3. The summed E-state index contributed by atoms with van der Waals surface area (Å²) in [6.45, 7) is 0.841. The number of thioether (sulfide) groups is 1. The van der Waals surface area contributed by atoms with Crippen molar-refractivity contribution >= 4 is 11.8 Å². The number of para-hydroxylation sites is 1. The lowest BCUT2D eigenvalue weighted by molar-refractivity contribution is 0.404. The van der Waals surface area contributed by atoms with Gasteiger partial charge in [-0.1, -0.05) is 36.4 Å². The van der Waals surface area contributed by atoms with Gasteiger partial charge < -0.3 is 10.1 Å². The highest BCUT2D eigenvalue weighted by atomic mass is 32.2. The smallest absolute Gasteiger partial charge is 0.123 e. The number of methoxy groups -OCH3 is 1. The summed E-state index contributed by atoms with van der Waals surface area (Å²) in [6, 6.07) is 17.4. The molecular formula is C17H19NOS. The average Bonchev–Trinajstić information content (AvgIpc) is 2.53. The Labute approximate surface area is 124 Å². The van der Waals surface area contributed by atoms with Crippen LogP contribution in [0.1, 0.15) is 23.6 Å². The van der Waals surface area contributed by atoms with Gasteiger partial charge in [-0.05, 0) is 29.9 Å². The summed E-state index contributed by atoms with van der Waals surface area (Å²) in [5, 5.41) is 3.68. The molecule has 2 nitrogen and oxygen atoms in total. The van der Waals surface area contributed by atoms with Crippen molar-refractivity contribution in [3.05, 3.63) is 59.7 Å². The SMILES string of the molecule is COc1ccccc1CNC1CCSc2ccccc21. The van der Waals surface area contributed by atoms with E-state index in [4.69, 9.17) is 4.74 Å². The number of fused-ring (bicyclic) bond motifs is 1. The summed E-state index contributed by atoms with van der Waals surface area (Å²) >= 11 is 1.96. The molecule has 0 aromatic heterocycles. The summed E-state index contributed by atoms with van der Waals surface area (Å²) in [6.07, 6.45) is 1.18. The Morgan fingerprint density at radius 2 is 1.95 bits per heavy atom. The molecule has 0 spiro atoms. The lowest BCUT2D eigenvalue weighted by atomic mass is 10.0. The molecule has 0 fully saturated rings. The Kier molecular flexibility index (Phi) is 4.28. The van der Waals surface area contributed by atoms with Crippen LogP contribution in [0.25, 0.3) is 0 Å². The Morgan fingerprint density at radius 3 is 2.85 bits per heavy atom. The number of rotatable bonds is 4. The molecule has 1 atom stereocenters. The number of benzene rings is 2. The minimum Gasteiger partial charge on any atom is -0.496 e. The van der Waals surface area contributed by atoms with E-state index in [2.05, 4.69) is 41.7 Å². The van der Waals surface area contributed by atoms with Gasteiger partial charge in [-0.2, -0.15) is 0 Å². The Balaban J connectivity index is 1.73. The van der Waals surface area contributed by atoms with Gasteiger partial charge in [0.25, 0.3) is 0 Å². The quantitative estimate of drug-likeness (QED) is 0.916. The Hall–Kier alpha value is -1.45. The van der Waals surface area contributed by atoms with Crippen LogP contribution >= 0.6 is 11.8 Å². The summed E-state index contributed by atoms with van der Waals surface area (Å²) in [7, 11) is 1.73. The van der Waals surface area contributed by atoms with Crippen molar-refractivity contribution in [1.82, 2.24) is 5.32 Å². The lowest BCUT2D eigenvalue weighted by Crippen LogP contribution is -2.24. The highest BCUT2D eigenvalue weighted by Gasteiger charge is 2.19. The molecular weight excluding hydrogens is 266 g/mol. The fourth-order valence-corrected chi connectivity index (χ4v) is 3.76. The van der Waals surface area contributed by atoms with Gasteiger partial charge in [0, 0.05) is 23.0 Å². The van der Waals surface area contributed by atoms with Gasteiger partial charge in [-0.3, -0.25) is 0 Å². The van der Waals surface area contributed by atoms with Gasteiger partial charge >= 0.3 is 0 Å². The third-order valence-electron chi connectivity index (χ3n) is 3.69. The van der Waals surface area contributed by atoms with Crippen molar-refractivity contribution in [2.24, 2.45) is 0 Å². The van der Waals surface area contributed by atoms with Gasteiger partial charge in [0.2, 0.25) is 0 Å². The molecule has 0 radical (unpaired) electrons. The van der Waals surface area contributed by atoms with Gasteiger partial charge in [-0.15, -0.1) is 11.8 Å². The molecule has 104 valence electrons. The lowest BCUT2D eigenvalue weighted by Gasteiger charge is -2.26. The molecule has 1 aliphatic rings. The molecule has 2 aromatic carbocycles. The highest BCUT2D eigenvalue weighted by Crippen LogP contribution is 2.36. The van der Waals surface area contributed by atoms with Crippen LogP contribution in [0.4, 0.5) is 0 Å². The summed E-state index contributed by atoms with van der Waals surface area (Å²) in [5.74, 6) is 2.14. The van der Waals surface area contributed by atoms with Crippen molar-refractivity contribution in [3.8, 4) is 5.75 Å². The minimum absolute atomic E-state index is 0.442. The van der Waals surface area contributed by atoms with Crippen LogP contribution in [0.2, 0.25) is 0 Å². The van der Waals surface area contributed by atoms with Crippen molar-refractivity contribution in [1.29, 1.82) is 0 Å². The Bertz CT molecular complexity index is 585. The van der Waals surface area contributed by atoms with Crippen LogP contribution in [-0.2, 0) is 6.54 Å². The maximum atomic E-state index is 5.41. The predicted octanol–water partition coefficient (Wildman–Crippen LogP) is 4.02. The molecule has 2 aromatic rings. The molecule has 0 amide bonds. The Morgan fingerprint density at radius 1 is 1.15 bits per heavy atom. The zero-order chi connectivity index (χ0) is 13.8. The normalized spacial score (nSPS) is 17.6. The van der Waals surface area contributed by atoms with Crippen molar-refractivity contribution < 1.29 is 4.74 Å². The van der Waals surface area contributed by atoms with E-state index in [9.17, 15) is 0 Å². The number of nitrogens with one attached hydrogen (secondary N) is 1. The monoisotopic (exact) mass is 285 g/mol. The van der Waals surface area contributed by atoms with Gasteiger partial charge in [0.05, 0.1) is 7.11 Å². The van der Waals surface area contributed by atoms with Crippen LogP contribution in [0, 0.1) is 0 Å². The van der Waals surface area contributed by atoms with Crippen LogP contribution in [0.15, 0.2) is 53.4 Å². The molecule has 3 rings (SSSR count). The second-order valence-electron chi connectivity index (χ2n) is 4.92. The summed E-state index contributed by atoms with van der Waals surface area (Å²) < 4.78 is 5.41. The minimum atomic E-state index is 0.442. The van der Waals surface area contributed by atoms with Crippen molar-refractivity contribution in [2.45, 2.75) is 23.9 Å². The van der Waals surface area contributed by atoms with Gasteiger partial charge in [0.15, 0.2) is 0 Å². The second-order valence-corrected chi connectivity index (χ2v) is 6.06. The van der Waals surface area contributed by atoms with Crippen molar-refractivity contribution in [3.63, 3.8) is 0 Å². The van der Waals surface area contributed by atoms with Crippen LogP contribution in [0.5, 0.6) is 5.75 Å². The van der Waals surface area contributed by atoms with Gasteiger partial charge in [-0.25, -0.2) is 0 Å². The molecule has 0 aliphatic carbocycles. The van der Waals surface area contributed by atoms with E-state index < -0.39 is 0 Å². The highest BCUT2D eigenvalue weighted by molar-refractivity contribution is 7.99. The predicted molar refractivity (Wildman–Crippen MR) is 84.4 cm³/mol. The zero-order valence-corrected chi connectivity index (χ0v) is 12.5. The van der Waals surface area contributed by atoms with Crippen LogP contribution in [-0.4, -0.2) is 12.9 Å². The average molecular weight is 285 g/mol. The molecule has 0 bridgehead atoms. The molecule has 0 saturated heterocycles. The van der Waals surface area contributed by atoms with E-state index in [0.29, 0.717) is 6.04 Å². The maximum Gasteiger partial charge on any atom is 0.123 e. The first-order valence-corrected chi connectivity index (χ1v) is 7.94. The van der Waals surface area contributed by atoms with E-state index in [-0.39, 0.29) is 0 Å². The number of hydrogen-bond donors (Lipinski definition) is 1. The van der Waals surface area contributed by atoms with Crippen LogP contribution < -0.4 is 10.1 Å². The molecule has 1 N–H and O–H groups in total.